The lowest BCUT2D eigenvalue weighted by Crippen LogP contribution is -2.29. The summed E-state index contributed by atoms with van der Waals surface area (Å²) in [5.41, 5.74) is 0.986. The van der Waals surface area contributed by atoms with Gasteiger partial charge in [0.25, 0.3) is 3.12 Å². The Labute approximate surface area is 106 Å². The van der Waals surface area contributed by atoms with Gasteiger partial charge < -0.3 is 0 Å². The summed E-state index contributed by atoms with van der Waals surface area (Å²) in [7, 11) is -1.72. The molecule has 1 N–H and O–H groups in total. The van der Waals surface area contributed by atoms with Crippen molar-refractivity contribution in [3.8, 4) is 0 Å². The summed E-state index contributed by atoms with van der Waals surface area (Å²) < 4.78 is 12.4. The lowest BCUT2D eigenvalue weighted by atomic mass is 10.1. The van der Waals surface area contributed by atoms with Crippen molar-refractivity contribution in [2.24, 2.45) is 0 Å². The third-order valence-electron chi connectivity index (χ3n) is 1.79. The Morgan fingerprint density at radius 3 is 2.27 bits per heavy atom. The number of benzene rings is 1. The summed E-state index contributed by atoms with van der Waals surface area (Å²) in [6, 6.07) is 9.38. The van der Waals surface area contributed by atoms with E-state index in [9.17, 15) is 4.21 Å². The number of hydrogen-bond acceptors (Lipinski definition) is 1. The van der Waals surface area contributed by atoms with Gasteiger partial charge in [-0.2, -0.15) is 0 Å². The van der Waals surface area contributed by atoms with Crippen LogP contribution >= 0.6 is 34.8 Å². The molecule has 2 nitrogen and oxygen atoms in total. The zero-order valence-corrected chi connectivity index (χ0v) is 11.0. The van der Waals surface area contributed by atoms with Gasteiger partial charge in [-0.3, -0.25) is 0 Å². The van der Waals surface area contributed by atoms with E-state index < -0.39 is 14.1 Å². The van der Waals surface area contributed by atoms with E-state index in [4.69, 9.17) is 34.8 Å². The van der Waals surface area contributed by atoms with Crippen molar-refractivity contribution in [2.75, 3.05) is 0 Å². The summed E-state index contributed by atoms with van der Waals surface area (Å²) in [4.78, 5) is 0. The number of rotatable bonds is 3. The first-order valence-corrected chi connectivity index (χ1v) is 6.49. The van der Waals surface area contributed by atoms with E-state index in [0.29, 0.717) is 0 Å². The fourth-order valence-electron chi connectivity index (χ4n) is 1.04. The second-order valence-electron chi connectivity index (χ2n) is 2.96. The van der Waals surface area contributed by atoms with Crippen molar-refractivity contribution < 1.29 is 4.21 Å². The molecule has 0 bridgehead atoms. The Balaban J connectivity index is 2.65. The van der Waals surface area contributed by atoms with E-state index in [2.05, 4.69) is 4.72 Å². The Bertz CT molecular complexity index is 339. The van der Waals surface area contributed by atoms with Crippen molar-refractivity contribution in [2.45, 2.75) is 16.1 Å². The molecule has 0 spiro atoms. The molecule has 0 aliphatic carbocycles. The van der Waals surface area contributed by atoms with Gasteiger partial charge in [-0.25, -0.2) is 8.93 Å². The number of nitrogens with one attached hydrogen (secondary N) is 1. The van der Waals surface area contributed by atoms with E-state index in [0.717, 1.165) is 5.56 Å². The molecular weight excluding hydrogens is 277 g/mol. The van der Waals surface area contributed by atoms with Crippen molar-refractivity contribution in [3.05, 3.63) is 35.9 Å². The number of halogens is 3. The van der Waals surface area contributed by atoms with Crippen LogP contribution in [-0.4, -0.2) is 7.33 Å². The van der Waals surface area contributed by atoms with Crippen LogP contribution in [0.4, 0.5) is 0 Å². The first-order chi connectivity index (χ1) is 6.91. The predicted molar refractivity (Wildman–Crippen MR) is 66.4 cm³/mol. The normalized spacial score (nSPS) is 16.0. The average molecular weight is 287 g/mol. The molecule has 2 unspecified atom stereocenters. The quantitative estimate of drug-likeness (QED) is 0.849. The van der Waals surface area contributed by atoms with E-state index in [-0.39, 0.29) is 6.04 Å². The molecule has 0 aliphatic rings. The lowest BCUT2D eigenvalue weighted by Gasteiger charge is -2.17. The smallest absolute Gasteiger partial charge is 0.238 e. The number of alkyl halides is 3. The molecule has 0 aromatic heterocycles. The first kappa shape index (κ1) is 13.3. The third-order valence-corrected chi connectivity index (χ3v) is 4.04. The minimum absolute atomic E-state index is 0.136. The van der Waals surface area contributed by atoms with Crippen molar-refractivity contribution in [1.82, 2.24) is 4.72 Å². The molecule has 0 fully saturated rings. The summed E-state index contributed by atoms with van der Waals surface area (Å²) in [6.45, 7) is 1.85. The van der Waals surface area contributed by atoms with E-state index >= 15 is 0 Å². The zero-order chi connectivity index (χ0) is 11.5. The fourth-order valence-corrected chi connectivity index (χ4v) is 2.03. The molecule has 0 heterocycles. The molecule has 0 amide bonds. The Morgan fingerprint density at radius 1 is 1.27 bits per heavy atom. The molecule has 1 aromatic rings. The highest BCUT2D eigenvalue weighted by Gasteiger charge is 2.30. The van der Waals surface area contributed by atoms with E-state index in [1.807, 2.05) is 37.3 Å². The maximum absolute atomic E-state index is 11.5. The highest BCUT2D eigenvalue weighted by atomic mass is 35.6. The Kier molecular flexibility index (Phi) is 4.87. The fraction of sp³-hybridized carbons (Fsp3) is 0.333. The average Bonchev–Trinajstić information content (AvgIpc) is 2.17. The number of hydrogen-bond donors (Lipinski definition) is 1. The highest BCUT2D eigenvalue weighted by Crippen LogP contribution is 2.30. The summed E-state index contributed by atoms with van der Waals surface area (Å²) in [6.07, 6.45) is 0. The third kappa shape index (κ3) is 4.29. The second-order valence-corrected chi connectivity index (χ2v) is 7.30. The Morgan fingerprint density at radius 2 is 1.80 bits per heavy atom. The molecule has 0 aliphatic heterocycles. The predicted octanol–water partition coefficient (Wildman–Crippen LogP) is 3.33. The van der Waals surface area contributed by atoms with Gasteiger partial charge in [0, 0.05) is 6.04 Å². The molecule has 6 heteroatoms. The Hall–Kier alpha value is 0.200. The van der Waals surface area contributed by atoms with Crippen LogP contribution in [0.3, 0.4) is 0 Å². The van der Waals surface area contributed by atoms with Crippen LogP contribution in [0.15, 0.2) is 30.3 Å². The zero-order valence-electron chi connectivity index (χ0n) is 7.91. The molecular formula is C9H10Cl3NOS. The SMILES string of the molecule is CC(NS(=O)C(Cl)(Cl)Cl)c1ccccc1. The van der Waals surface area contributed by atoms with Gasteiger partial charge >= 0.3 is 0 Å². The highest BCUT2D eigenvalue weighted by molar-refractivity contribution is 7.89. The van der Waals surface area contributed by atoms with Crippen LogP contribution in [0.1, 0.15) is 18.5 Å². The standard InChI is InChI=1S/C9H10Cl3NOS/c1-7(8-5-3-2-4-6-8)13-15(14)9(10,11)12/h2-7,13H,1H3. The molecule has 84 valence electrons. The van der Waals surface area contributed by atoms with Crippen LogP contribution in [0.25, 0.3) is 0 Å². The van der Waals surface area contributed by atoms with Crippen LogP contribution in [0, 0.1) is 0 Å². The van der Waals surface area contributed by atoms with Gasteiger partial charge in [0.05, 0.1) is 0 Å². The topological polar surface area (TPSA) is 29.1 Å². The maximum Gasteiger partial charge on any atom is 0.280 e. The summed E-state index contributed by atoms with van der Waals surface area (Å²) in [5, 5.41) is 0. The van der Waals surface area contributed by atoms with Gasteiger partial charge in [-0.15, -0.1) is 0 Å². The molecule has 0 saturated carbocycles. The molecule has 0 saturated heterocycles. The van der Waals surface area contributed by atoms with Crippen LogP contribution in [-0.2, 0) is 11.0 Å². The van der Waals surface area contributed by atoms with E-state index in [1.54, 1.807) is 0 Å². The van der Waals surface area contributed by atoms with Gasteiger partial charge in [-0.05, 0) is 12.5 Å². The van der Waals surface area contributed by atoms with Gasteiger partial charge in [0.1, 0.15) is 11.0 Å². The van der Waals surface area contributed by atoms with Crippen LogP contribution < -0.4 is 4.72 Å². The van der Waals surface area contributed by atoms with Gasteiger partial charge in [0.2, 0.25) is 0 Å². The van der Waals surface area contributed by atoms with Crippen molar-refractivity contribution in [1.29, 1.82) is 0 Å². The minimum atomic E-state index is -1.80. The molecule has 0 radical (unpaired) electrons. The summed E-state index contributed by atoms with van der Waals surface area (Å²) in [5.74, 6) is 0. The molecule has 1 aromatic carbocycles. The second kappa shape index (κ2) is 5.51. The van der Waals surface area contributed by atoms with Crippen molar-refractivity contribution in [3.63, 3.8) is 0 Å². The van der Waals surface area contributed by atoms with Crippen LogP contribution in [0.5, 0.6) is 0 Å². The maximum atomic E-state index is 11.5. The molecule has 1 rings (SSSR count). The lowest BCUT2D eigenvalue weighted by molar-refractivity contribution is 0.652. The van der Waals surface area contributed by atoms with Crippen LogP contribution in [0.2, 0.25) is 0 Å². The summed E-state index contributed by atoms with van der Waals surface area (Å²) >= 11 is 16.5. The van der Waals surface area contributed by atoms with E-state index in [1.165, 1.54) is 0 Å². The first-order valence-electron chi connectivity index (χ1n) is 4.21. The largest absolute Gasteiger partial charge is 0.280 e. The monoisotopic (exact) mass is 285 g/mol. The minimum Gasteiger partial charge on any atom is -0.238 e. The molecule has 2 atom stereocenters. The van der Waals surface area contributed by atoms with Gasteiger partial charge in [0.15, 0.2) is 0 Å². The van der Waals surface area contributed by atoms with Gasteiger partial charge in [-0.1, -0.05) is 65.1 Å². The van der Waals surface area contributed by atoms with Crippen molar-refractivity contribution >= 4 is 45.8 Å². The molecule has 15 heavy (non-hydrogen) atoms.